The molecule has 21 heavy (non-hydrogen) atoms. The summed E-state index contributed by atoms with van der Waals surface area (Å²) < 4.78 is 40.4. The predicted molar refractivity (Wildman–Crippen MR) is 83.0 cm³/mol. The van der Waals surface area contributed by atoms with Gasteiger partial charge in [0, 0.05) is 19.6 Å². The Labute approximate surface area is 126 Å². The lowest BCUT2D eigenvalue weighted by Crippen LogP contribution is -2.32. The van der Waals surface area contributed by atoms with Gasteiger partial charge < -0.3 is 5.32 Å². The van der Waals surface area contributed by atoms with E-state index >= 15 is 0 Å². The molecule has 0 amide bonds. The molecule has 1 rings (SSSR count). The van der Waals surface area contributed by atoms with Gasteiger partial charge in [-0.1, -0.05) is 26.0 Å². The molecule has 0 saturated heterocycles. The molecule has 0 spiro atoms. The average Bonchev–Trinajstić information content (AvgIpc) is 2.46. The van der Waals surface area contributed by atoms with Gasteiger partial charge in [0.2, 0.25) is 10.0 Å². The molecule has 0 saturated carbocycles. The second-order valence-electron chi connectivity index (χ2n) is 4.70. The third-order valence-corrected chi connectivity index (χ3v) is 4.88. The number of hydrogen-bond acceptors (Lipinski definition) is 3. The van der Waals surface area contributed by atoms with Crippen LogP contribution >= 0.6 is 0 Å². The minimum atomic E-state index is -3.84. The smallest absolute Gasteiger partial charge is 0.246 e. The Balaban J connectivity index is 3.18. The van der Waals surface area contributed by atoms with Crippen LogP contribution in [0, 0.1) is 5.82 Å². The van der Waals surface area contributed by atoms with Gasteiger partial charge in [0.1, 0.15) is 10.7 Å². The SMILES string of the molecule is C=CCN(CCC)S(=O)(=O)c1cc(CNCC)ccc1F. The number of halogens is 1. The number of benzene rings is 1. The summed E-state index contributed by atoms with van der Waals surface area (Å²) in [5.41, 5.74) is 0.742. The third kappa shape index (κ3) is 4.62. The summed E-state index contributed by atoms with van der Waals surface area (Å²) >= 11 is 0. The molecule has 1 aromatic rings. The van der Waals surface area contributed by atoms with Crippen molar-refractivity contribution in [2.45, 2.75) is 31.7 Å². The van der Waals surface area contributed by atoms with E-state index in [2.05, 4.69) is 11.9 Å². The van der Waals surface area contributed by atoms with Gasteiger partial charge in [0.15, 0.2) is 0 Å². The molecular formula is C15H23FN2O2S. The first-order valence-electron chi connectivity index (χ1n) is 7.07. The molecule has 4 nitrogen and oxygen atoms in total. The molecule has 0 aliphatic carbocycles. The molecule has 0 fully saturated rings. The fourth-order valence-electron chi connectivity index (χ4n) is 1.97. The minimum Gasteiger partial charge on any atom is -0.313 e. The second-order valence-corrected chi connectivity index (χ2v) is 6.60. The molecule has 118 valence electrons. The zero-order valence-electron chi connectivity index (χ0n) is 12.6. The van der Waals surface area contributed by atoms with Gasteiger partial charge in [-0.25, -0.2) is 12.8 Å². The molecule has 6 heteroatoms. The lowest BCUT2D eigenvalue weighted by atomic mass is 10.2. The summed E-state index contributed by atoms with van der Waals surface area (Å²) in [6, 6.07) is 4.20. The van der Waals surface area contributed by atoms with Gasteiger partial charge in [-0.3, -0.25) is 0 Å². The number of nitrogens with one attached hydrogen (secondary N) is 1. The second kappa shape index (κ2) is 8.26. The lowest BCUT2D eigenvalue weighted by Gasteiger charge is -2.20. The van der Waals surface area contributed by atoms with Gasteiger partial charge >= 0.3 is 0 Å². The first-order valence-corrected chi connectivity index (χ1v) is 8.51. The summed E-state index contributed by atoms with van der Waals surface area (Å²) in [7, 11) is -3.84. The third-order valence-electron chi connectivity index (χ3n) is 3.00. The van der Waals surface area contributed by atoms with Crippen molar-refractivity contribution in [1.82, 2.24) is 9.62 Å². The predicted octanol–water partition coefficient (Wildman–Crippen LogP) is 2.52. The van der Waals surface area contributed by atoms with E-state index in [1.165, 1.54) is 22.5 Å². The van der Waals surface area contributed by atoms with Crippen LogP contribution in [-0.4, -0.2) is 32.4 Å². The minimum absolute atomic E-state index is 0.174. The van der Waals surface area contributed by atoms with Crippen LogP contribution in [0.1, 0.15) is 25.8 Å². The molecule has 1 aromatic carbocycles. The van der Waals surface area contributed by atoms with E-state index in [-0.39, 0.29) is 11.4 Å². The van der Waals surface area contributed by atoms with E-state index in [0.29, 0.717) is 19.5 Å². The van der Waals surface area contributed by atoms with Crippen LogP contribution in [0.5, 0.6) is 0 Å². The maximum Gasteiger partial charge on any atom is 0.246 e. The Bertz CT molecular complexity index is 573. The number of hydrogen-bond donors (Lipinski definition) is 1. The fraction of sp³-hybridized carbons (Fsp3) is 0.467. The average molecular weight is 314 g/mol. The Morgan fingerprint density at radius 1 is 1.38 bits per heavy atom. The van der Waals surface area contributed by atoms with E-state index in [0.717, 1.165) is 12.1 Å². The Kier molecular flexibility index (Phi) is 7.01. The Morgan fingerprint density at radius 3 is 2.67 bits per heavy atom. The van der Waals surface area contributed by atoms with Crippen LogP contribution < -0.4 is 5.32 Å². The standard InChI is InChI=1S/C15H23FN2O2S/c1-4-9-18(10-5-2)21(19,20)15-11-13(12-17-6-3)7-8-14(15)16/h4,7-8,11,17H,1,5-6,9-10,12H2,2-3H3. The van der Waals surface area contributed by atoms with Crippen LogP contribution in [0.4, 0.5) is 4.39 Å². The van der Waals surface area contributed by atoms with Crippen LogP contribution in [0.3, 0.4) is 0 Å². The summed E-state index contributed by atoms with van der Waals surface area (Å²) in [6.45, 7) is 9.17. The molecule has 0 aromatic heterocycles. The maximum atomic E-state index is 14.0. The van der Waals surface area contributed by atoms with E-state index in [4.69, 9.17) is 0 Å². The molecule has 0 aliphatic rings. The summed E-state index contributed by atoms with van der Waals surface area (Å²) in [6.07, 6.45) is 2.17. The van der Waals surface area contributed by atoms with Crippen molar-refractivity contribution >= 4 is 10.0 Å². The molecular weight excluding hydrogens is 291 g/mol. The van der Waals surface area contributed by atoms with Crippen LogP contribution in [0.2, 0.25) is 0 Å². The quantitative estimate of drug-likeness (QED) is 0.713. The van der Waals surface area contributed by atoms with E-state index in [1.54, 1.807) is 6.07 Å². The van der Waals surface area contributed by atoms with Crippen LogP contribution in [0.15, 0.2) is 35.7 Å². The van der Waals surface area contributed by atoms with Crippen molar-refractivity contribution < 1.29 is 12.8 Å². The molecule has 0 atom stereocenters. The van der Waals surface area contributed by atoms with Crippen LogP contribution in [0.25, 0.3) is 0 Å². The van der Waals surface area contributed by atoms with Crippen molar-refractivity contribution in [1.29, 1.82) is 0 Å². The highest BCUT2D eigenvalue weighted by molar-refractivity contribution is 7.89. The highest BCUT2D eigenvalue weighted by atomic mass is 32.2. The first-order chi connectivity index (χ1) is 9.97. The number of rotatable bonds is 9. The van der Waals surface area contributed by atoms with Gasteiger partial charge in [0.25, 0.3) is 0 Å². The maximum absolute atomic E-state index is 14.0. The summed E-state index contributed by atoms with van der Waals surface area (Å²) in [5.74, 6) is -0.722. The molecule has 0 radical (unpaired) electrons. The molecule has 1 N–H and O–H groups in total. The highest BCUT2D eigenvalue weighted by Crippen LogP contribution is 2.21. The zero-order chi connectivity index (χ0) is 15.9. The van der Waals surface area contributed by atoms with Crippen molar-refractivity contribution in [2.24, 2.45) is 0 Å². The first kappa shape index (κ1) is 17.8. The lowest BCUT2D eigenvalue weighted by molar-refractivity contribution is 0.436. The monoisotopic (exact) mass is 314 g/mol. The van der Waals surface area contributed by atoms with E-state index < -0.39 is 15.8 Å². The summed E-state index contributed by atoms with van der Waals surface area (Å²) in [5, 5.41) is 3.10. The molecule has 0 heterocycles. The van der Waals surface area contributed by atoms with Gasteiger partial charge in [-0.15, -0.1) is 6.58 Å². The Morgan fingerprint density at radius 2 is 2.10 bits per heavy atom. The van der Waals surface area contributed by atoms with Gasteiger partial charge in [-0.2, -0.15) is 4.31 Å². The van der Waals surface area contributed by atoms with Gasteiger partial charge in [0.05, 0.1) is 0 Å². The largest absolute Gasteiger partial charge is 0.313 e. The fourth-order valence-corrected chi connectivity index (χ4v) is 3.58. The van der Waals surface area contributed by atoms with Crippen molar-refractivity contribution in [2.75, 3.05) is 19.6 Å². The van der Waals surface area contributed by atoms with Crippen LogP contribution in [-0.2, 0) is 16.6 Å². The Hall–Kier alpha value is -1.24. The van der Waals surface area contributed by atoms with Crippen molar-refractivity contribution in [3.05, 3.63) is 42.2 Å². The molecule has 0 bridgehead atoms. The number of nitrogens with zero attached hydrogens (tertiary/aromatic N) is 1. The zero-order valence-corrected chi connectivity index (χ0v) is 13.4. The van der Waals surface area contributed by atoms with E-state index in [1.807, 2.05) is 13.8 Å². The molecule has 0 unspecified atom stereocenters. The van der Waals surface area contributed by atoms with Gasteiger partial charge in [-0.05, 0) is 30.7 Å². The van der Waals surface area contributed by atoms with Crippen molar-refractivity contribution in [3.8, 4) is 0 Å². The number of sulfonamides is 1. The van der Waals surface area contributed by atoms with E-state index in [9.17, 15) is 12.8 Å². The topological polar surface area (TPSA) is 49.4 Å². The molecule has 0 aliphatic heterocycles. The normalized spacial score (nSPS) is 11.8. The van der Waals surface area contributed by atoms with Crippen molar-refractivity contribution in [3.63, 3.8) is 0 Å². The highest BCUT2D eigenvalue weighted by Gasteiger charge is 2.26. The summed E-state index contributed by atoms with van der Waals surface area (Å²) in [4.78, 5) is -0.270.